The molecule has 1 N–H and O–H groups in total. The normalized spacial score (nSPS) is 10.5. The van der Waals surface area contributed by atoms with Crippen molar-refractivity contribution in [2.24, 2.45) is 0 Å². The lowest BCUT2D eigenvalue weighted by Gasteiger charge is -2.09. The Hall–Kier alpha value is -1.88. The number of imidazole rings is 1. The van der Waals surface area contributed by atoms with Crippen LogP contribution in [0.25, 0.3) is 0 Å². The highest BCUT2D eigenvalue weighted by Gasteiger charge is 2.02. The molecular weight excluding hydrogens is 228 g/mol. The van der Waals surface area contributed by atoms with Crippen LogP contribution < -0.4 is 5.32 Å². The molecule has 5 heteroatoms. The van der Waals surface area contributed by atoms with E-state index in [0.717, 1.165) is 31.2 Å². The number of hydrogen-bond acceptors (Lipinski definition) is 4. The van der Waals surface area contributed by atoms with Crippen LogP contribution in [0.3, 0.4) is 0 Å². The summed E-state index contributed by atoms with van der Waals surface area (Å²) in [5.74, 6) is 0.878. The lowest BCUT2D eigenvalue weighted by atomic mass is 10.3. The summed E-state index contributed by atoms with van der Waals surface area (Å²) in [6.07, 6.45) is 6.49. The van der Waals surface area contributed by atoms with Gasteiger partial charge in [0.05, 0.1) is 6.61 Å². The van der Waals surface area contributed by atoms with E-state index in [-0.39, 0.29) is 0 Å². The van der Waals surface area contributed by atoms with E-state index < -0.39 is 0 Å². The molecule has 0 saturated carbocycles. The molecule has 0 spiro atoms. The maximum atomic E-state index is 5.00. The number of methoxy groups -OCH3 is 1. The van der Waals surface area contributed by atoms with Crippen molar-refractivity contribution in [3.05, 3.63) is 42.5 Å². The van der Waals surface area contributed by atoms with E-state index >= 15 is 0 Å². The van der Waals surface area contributed by atoms with E-state index in [1.54, 1.807) is 13.3 Å². The van der Waals surface area contributed by atoms with Gasteiger partial charge in [-0.15, -0.1) is 0 Å². The molecule has 2 rings (SSSR count). The molecule has 0 saturated heterocycles. The first-order chi connectivity index (χ1) is 8.90. The van der Waals surface area contributed by atoms with Gasteiger partial charge in [-0.25, -0.2) is 4.98 Å². The highest BCUT2D eigenvalue weighted by Crippen LogP contribution is 2.06. The third-order valence-corrected chi connectivity index (χ3v) is 2.64. The molecule has 0 aliphatic heterocycles. The van der Waals surface area contributed by atoms with Gasteiger partial charge in [0.25, 0.3) is 0 Å². The standard InChI is InChI=1S/C13H18N4O/c1-18-11-8-16-13-15-7-10-17(13)9-5-12-4-2-3-6-14-12/h2-4,6-7,10H,5,8-9,11H2,1H3,(H,15,16). The molecule has 0 bridgehead atoms. The maximum Gasteiger partial charge on any atom is 0.202 e. The fourth-order valence-electron chi connectivity index (χ4n) is 1.70. The molecule has 0 atom stereocenters. The summed E-state index contributed by atoms with van der Waals surface area (Å²) in [5.41, 5.74) is 1.09. The minimum absolute atomic E-state index is 0.674. The van der Waals surface area contributed by atoms with Crippen molar-refractivity contribution in [3.8, 4) is 0 Å². The van der Waals surface area contributed by atoms with Gasteiger partial charge < -0.3 is 14.6 Å². The predicted octanol–water partition coefficient (Wildman–Crippen LogP) is 1.58. The second kappa shape index (κ2) is 6.76. The lowest BCUT2D eigenvalue weighted by Crippen LogP contribution is -2.13. The van der Waals surface area contributed by atoms with Gasteiger partial charge in [0.1, 0.15) is 0 Å². The van der Waals surface area contributed by atoms with Crippen molar-refractivity contribution >= 4 is 5.95 Å². The second-order valence-electron chi connectivity index (χ2n) is 3.93. The molecule has 5 nitrogen and oxygen atoms in total. The maximum absolute atomic E-state index is 5.00. The summed E-state index contributed by atoms with van der Waals surface area (Å²) >= 11 is 0. The zero-order chi connectivity index (χ0) is 12.6. The van der Waals surface area contributed by atoms with Crippen LogP contribution in [0, 0.1) is 0 Å². The number of nitrogens with one attached hydrogen (secondary N) is 1. The van der Waals surface area contributed by atoms with E-state index in [2.05, 4.69) is 19.9 Å². The largest absolute Gasteiger partial charge is 0.383 e. The summed E-state index contributed by atoms with van der Waals surface area (Å²) in [6.45, 7) is 2.30. The molecule has 2 aromatic heterocycles. The first-order valence-electron chi connectivity index (χ1n) is 6.04. The van der Waals surface area contributed by atoms with Crippen molar-refractivity contribution in [1.82, 2.24) is 14.5 Å². The van der Waals surface area contributed by atoms with Gasteiger partial charge in [0, 0.05) is 50.9 Å². The van der Waals surface area contributed by atoms with Crippen molar-refractivity contribution in [2.75, 3.05) is 25.6 Å². The van der Waals surface area contributed by atoms with E-state index in [4.69, 9.17) is 4.74 Å². The quantitative estimate of drug-likeness (QED) is 0.754. The molecule has 0 aromatic carbocycles. The molecule has 0 unspecified atom stereocenters. The van der Waals surface area contributed by atoms with Crippen molar-refractivity contribution in [3.63, 3.8) is 0 Å². The minimum atomic E-state index is 0.674. The molecule has 2 heterocycles. The molecule has 0 aliphatic rings. The van der Waals surface area contributed by atoms with Crippen LogP contribution in [0.2, 0.25) is 0 Å². The number of aromatic nitrogens is 3. The van der Waals surface area contributed by atoms with Gasteiger partial charge in [0.15, 0.2) is 0 Å². The summed E-state index contributed by atoms with van der Waals surface area (Å²) < 4.78 is 7.09. The number of pyridine rings is 1. The summed E-state index contributed by atoms with van der Waals surface area (Å²) in [5, 5.41) is 3.24. The number of aryl methyl sites for hydroxylation is 2. The number of ether oxygens (including phenoxy) is 1. The van der Waals surface area contributed by atoms with Gasteiger partial charge in [-0.3, -0.25) is 4.98 Å². The van der Waals surface area contributed by atoms with E-state index in [1.807, 2.05) is 30.6 Å². The third-order valence-electron chi connectivity index (χ3n) is 2.64. The topological polar surface area (TPSA) is 52.0 Å². The Bertz CT molecular complexity index is 455. The van der Waals surface area contributed by atoms with Gasteiger partial charge in [-0.1, -0.05) is 6.07 Å². The lowest BCUT2D eigenvalue weighted by molar-refractivity contribution is 0.210. The monoisotopic (exact) mass is 246 g/mol. The van der Waals surface area contributed by atoms with Gasteiger partial charge in [-0.05, 0) is 12.1 Å². The number of rotatable bonds is 7. The Kier molecular flexibility index (Phi) is 4.72. The second-order valence-corrected chi connectivity index (χ2v) is 3.93. The van der Waals surface area contributed by atoms with Gasteiger partial charge in [0.2, 0.25) is 5.95 Å². The fourth-order valence-corrected chi connectivity index (χ4v) is 1.70. The molecule has 0 radical (unpaired) electrons. The minimum Gasteiger partial charge on any atom is -0.383 e. The Labute approximate surface area is 107 Å². The summed E-state index contributed by atoms with van der Waals surface area (Å²) in [7, 11) is 1.69. The first-order valence-corrected chi connectivity index (χ1v) is 6.04. The first kappa shape index (κ1) is 12.6. The van der Waals surface area contributed by atoms with Crippen molar-refractivity contribution in [2.45, 2.75) is 13.0 Å². The Balaban J connectivity index is 1.87. The molecule has 96 valence electrons. The summed E-state index contributed by atoms with van der Waals surface area (Å²) in [4.78, 5) is 8.59. The van der Waals surface area contributed by atoms with Crippen LogP contribution in [-0.2, 0) is 17.7 Å². The number of anilines is 1. The Morgan fingerprint density at radius 2 is 2.22 bits per heavy atom. The van der Waals surface area contributed by atoms with Crippen LogP contribution >= 0.6 is 0 Å². The van der Waals surface area contributed by atoms with E-state index in [1.165, 1.54) is 0 Å². The van der Waals surface area contributed by atoms with Crippen LogP contribution in [0.5, 0.6) is 0 Å². The zero-order valence-electron chi connectivity index (χ0n) is 10.5. The third kappa shape index (κ3) is 3.56. The Morgan fingerprint density at radius 3 is 3.00 bits per heavy atom. The average Bonchev–Trinajstić information content (AvgIpc) is 2.86. The highest BCUT2D eigenvalue weighted by molar-refractivity contribution is 5.25. The summed E-state index contributed by atoms with van der Waals surface area (Å²) in [6, 6.07) is 5.97. The molecule has 2 aromatic rings. The number of nitrogens with zero attached hydrogens (tertiary/aromatic N) is 3. The average molecular weight is 246 g/mol. The molecule has 0 fully saturated rings. The van der Waals surface area contributed by atoms with E-state index in [9.17, 15) is 0 Å². The van der Waals surface area contributed by atoms with Crippen molar-refractivity contribution in [1.29, 1.82) is 0 Å². The SMILES string of the molecule is COCCNc1nccn1CCc1ccccn1. The van der Waals surface area contributed by atoms with Crippen LogP contribution in [0.4, 0.5) is 5.95 Å². The molecule has 0 aliphatic carbocycles. The van der Waals surface area contributed by atoms with Crippen LogP contribution in [-0.4, -0.2) is 34.8 Å². The predicted molar refractivity (Wildman–Crippen MR) is 70.5 cm³/mol. The molecule has 18 heavy (non-hydrogen) atoms. The Morgan fingerprint density at radius 1 is 1.28 bits per heavy atom. The van der Waals surface area contributed by atoms with Gasteiger partial charge in [-0.2, -0.15) is 0 Å². The van der Waals surface area contributed by atoms with Crippen molar-refractivity contribution < 1.29 is 4.74 Å². The van der Waals surface area contributed by atoms with Crippen LogP contribution in [0.1, 0.15) is 5.69 Å². The zero-order valence-corrected chi connectivity index (χ0v) is 10.5. The van der Waals surface area contributed by atoms with Crippen LogP contribution in [0.15, 0.2) is 36.8 Å². The fraction of sp³-hybridized carbons (Fsp3) is 0.385. The molecule has 0 amide bonds. The highest BCUT2D eigenvalue weighted by atomic mass is 16.5. The smallest absolute Gasteiger partial charge is 0.202 e. The number of hydrogen-bond donors (Lipinski definition) is 1. The molecular formula is C13H18N4O. The van der Waals surface area contributed by atoms with Gasteiger partial charge >= 0.3 is 0 Å². The van der Waals surface area contributed by atoms with E-state index in [0.29, 0.717) is 6.61 Å².